The minimum atomic E-state index is -0.707. The van der Waals surface area contributed by atoms with Crippen LogP contribution in [-0.2, 0) is 17.8 Å². The average molecular weight is 439 g/mol. The number of amides is 1. The quantitative estimate of drug-likeness (QED) is 0.436. The Labute approximate surface area is 190 Å². The zero-order valence-corrected chi connectivity index (χ0v) is 19.2. The number of carbonyl (C=O) groups excluding carboxylic acids is 1. The molecule has 0 bridgehead atoms. The van der Waals surface area contributed by atoms with Crippen molar-refractivity contribution in [3.05, 3.63) is 65.2 Å². The maximum atomic E-state index is 12.7. The van der Waals surface area contributed by atoms with Gasteiger partial charge in [-0.15, -0.1) is 0 Å². The SMILES string of the molecule is CCNC(=NCC(=O)N1CCc2ccccc2C1)NCC(O)c1ccc(OC(C)C)cc1. The van der Waals surface area contributed by atoms with Crippen LogP contribution in [0.4, 0.5) is 0 Å². The van der Waals surface area contributed by atoms with Gasteiger partial charge in [0.25, 0.3) is 0 Å². The number of ether oxygens (including phenoxy) is 1. The van der Waals surface area contributed by atoms with Crippen molar-refractivity contribution in [3.63, 3.8) is 0 Å². The lowest BCUT2D eigenvalue weighted by molar-refractivity contribution is -0.130. The first-order valence-electron chi connectivity index (χ1n) is 11.3. The van der Waals surface area contributed by atoms with Crippen molar-refractivity contribution in [2.75, 3.05) is 26.2 Å². The topological polar surface area (TPSA) is 86.2 Å². The Bertz CT molecular complexity index is 912. The fourth-order valence-electron chi connectivity index (χ4n) is 3.65. The summed E-state index contributed by atoms with van der Waals surface area (Å²) in [5.74, 6) is 1.28. The standard InChI is InChI=1S/C25H34N4O3/c1-4-26-25(27-15-23(30)20-9-11-22(12-10-20)32-18(2)3)28-16-24(31)29-14-13-19-7-5-6-8-21(19)17-29/h5-12,18,23,30H,4,13-17H2,1-3H3,(H2,26,27,28). The molecule has 0 spiro atoms. The molecule has 1 amide bonds. The molecule has 0 aliphatic carbocycles. The summed E-state index contributed by atoms with van der Waals surface area (Å²) in [7, 11) is 0. The first-order chi connectivity index (χ1) is 15.5. The summed E-state index contributed by atoms with van der Waals surface area (Å²) in [5.41, 5.74) is 3.30. The summed E-state index contributed by atoms with van der Waals surface area (Å²) in [6.07, 6.45) is 0.270. The molecule has 0 saturated carbocycles. The van der Waals surface area contributed by atoms with Crippen molar-refractivity contribution in [1.82, 2.24) is 15.5 Å². The highest BCUT2D eigenvalue weighted by Gasteiger charge is 2.20. The lowest BCUT2D eigenvalue weighted by Crippen LogP contribution is -2.41. The van der Waals surface area contributed by atoms with Crippen molar-refractivity contribution >= 4 is 11.9 Å². The van der Waals surface area contributed by atoms with Crippen LogP contribution in [0.1, 0.15) is 43.6 Å². The highest BCUT2D eigenvalue weighted by atomic mass is 16.5. The zero-order chi connectivity index (χ0) is 22.9. The van der Waals surface area contributed by atoms with E-state index < -0.39 is 6.10 Å². The molecule has 172 valence electrons. The first kappa shape index (κ1) is 23.6. The number of carbonyl (C=O) groups is 1. The smallest absolute Gasteiger partial charge is 0.244 e. The fourth-order valence-corrected chi connectivity index (χ4v) is 3.65. The molecule has 0 aromatic heterocycles. The summed E-state index contributed by atoms with van der Waals surface area (Å²) in [5, 5.41) is 16.8. The van der Waals surface area contributed by atoms with E-state index in [-0.39, 0.29) is 25.1 Å². The van der Waals surface area contributed by atoms with Gasteiger partial charge in [-0.25, -0.2) is 4.99 Å². The second-order valence-corrected chi connectivity index (χ2v) is 8.16. The van der Waals surface area contributed by atoms with Crippen LogP contribution in [0.15, 0.2) is 53.5 Å². The number of rotatable bonds is 8. The van der Waals surface area contributed by atoms with Crippen LogP contribution in [0.3, 0.4) is 0 Å². The van der Waals surface area contributed by atoms with Gasteiger partial charge in [-0.3, -0.25) is 4.79 Å². The first-order valence-corrected chi connectivity index (χ1v) is 11.3. The molecule has 1 aliphatic rings. The van der Waals surface area contributed by atoms with Crippen LogP contribution in [0, 0.1) is 0 Å². The third kappa shape index (κ3) is 6.72. The Hall–Kier alpha value is -3.06. The third-order valence-corrected chi connectivity index (χ3v) is 5.30. The van der Waals surface area contributed by atoms with Crippen molar-refractivity contribution < 1.29 is 14.6 Å². The maximum Gasteiger partial charge on any atom is 0.244 e. The van der Waals surface area contributed by atoms with Gasteiger partial charge in [-0.2, -0.15) is 0 Å². The van der Waals surface area contributed by atoms with Gasteiger partial charge < -0.3 is 25.4 Å². The summed E-state index contributed by atoms with van der Waals surface area (Å²) in [6, 6.07) is 15.7. The number of benzene rings is 2. The Kier molecular flexibility index (Phi) is 8.50. The van der Waals surface area contributed by atoms with Gasteiger partial charge in [0.1, 0.15) is 12.3 Å². The monoisotopic (exact) mass is 438 g/mol. The number of fused-ring (bicyclic) bond motifs is 1. The van der Waals surface area contributed by atoms with Gasteiger partial charge in [0.05, 0.1) is 12.2 Å². The number of hydrogen-bond donors (Lipinski definition) is 3. The molecule has 0 saturated heterocycles. The second-order valence-electron chi connectivity index (χ2n) is 8.16. The van der Waals surface area contributed by atoms with Crippen LogP contribution < -0.4 is 15.4 Å². The van der Waals surface area contributed by atoms with E-state index in [1.54, 1.807) is 0 Å². The molecule has 3 rings (SSSR count). The Morgan fingerprint density at radius 1 is 1.12 bits per heavy atom. The average Bonchev–Trinajstić information content (AvgIpc) is 2.80. The van der Waals surface area contributed by atoms with Crippen LogP contribution >= 0.6 is 0 Å². The van der Waals surface area contributed by atoms with Crippen molar-refractivity contribution in [3.8, 4) is 5.75 Å². The predicted molar refractivity (Wildman–Crippen MR) is 127 cm³/mol. The van der Waals surface area contributed by atoms with Gasteiger partial charge in [0.2, 0.25) is 5.91 Å². The minimum absolute atomic E-state index is 0.00186. The summed E-state index contributed by atoms with van der Waals surface area (Å²) < 4.78 is 5.64. The lowest BCUT2D eigenvalue weighted by atomic mass is 10.00. The lowest BCUT2D eigenvalue weighted by Gasteiger charge is -2.28. The van der Waals surface area contributed by atoms with Crippen molar-refractivity contribution in [1.29, 1.82) is 0 Å². The molecular weight excluding hydrogens is 404 g/mol. The number of guanidine groups is 1. The summed E-state index contributed by atoms with van der Waals surface area (Å²) in [6.45, 7) is 8.26. The molecule has 1 unspecified atom stereocenters. The molecule has 2 aromatic rings. The molecule has 0 fully saturated rings. The Morgan fingerprint density at radius 2 is 1.84 bits per heavy atom. The molecule has 2 aromatic carbocycles. The highest BCUT2D eigenvalue weighted by molar-refractivity contribution is 5.85. The molecule has 7 heteroatoms. The predicted octanol–water partition coefficient (Wildman–Crippen LogP) is 2.65. The van der Waals surface area contributed by atoms with Gasteiger partial charge in [0.15, 0.2) is 5.96 Å². The van der Waals surface area contributed by atoms with Gasteiger partial charge in [0, 0.05) is 26.2 Å². The number of nitrogens with zero attached hydrogens (tertiary/aromatic N) is 2. The van der Waals surface area contributed by atoms with E-state index in [0.717, 1.165) is 17.7 Å². The summed E-state index contributed by atoms with van der Waals surface area (Å²) in [4.78, 5) is 19.0. The van der Waals surface area contributed by atoms with Crippen LogP contribution in [-0.4, -0.2) is 54.2 Å². The highest BCUT2D eigenvalue weighted by Crippen LogP contribution is 2.19. The maximum absolute atomic E-state index is 12.7. The van der Waals surface area contributed by atoms with Crippen LogP contribution in [0.5, 0.6) is 5.75 Å². The number of hydrogen-bond acceptors (Lipinski definition) is 4. The van der Waals surface area contributed by atoms with E-state index in [1.165, 1.54) is 11.1 Å². The van der Waals surface area contributed by atoms with E-state index in [0.29, 0.717) is 25.6 Å². The van der Waals surface area contributed by atoms with E-state index in [9.17, 15) is 9.90 Å². The van der Waals surface area contributed by atoms with Crippen molar-refractivity contribution in [2.24, 2.45) is 4.99 Å². The van der Waals surface area contributed by atoms with E-state index >= 15 is 0 Å². The Morgan fingerprint density at radius 3 is 2.53 bits per heavy atom. The molecule has 1 atom stereocenters. The van der Waals surface area contributed by atoms with E-state index in [4.69, 9.17) is 4.74 Å². The molecule has 3 N–H and O–H groups in total. The second kappa shape index (κ2) is 11.5. The summed E-state index contributed by atoms with van der Waals surface area (Å²) >= 11 is 0. The number of nitrogens with one attached hydrogen (secondary N) is 2. The van der Waals surface area contributed by atoms with Crippen LogP contribution in [0.25, 0.3) is 0 Å². The minimum Gasteiger partial charge on any atom is -0.491 e. The largest absolute Gasteiger partial charge is 0.491 e. The van der Waals surface area contributed by atoms with Crippen LogP contribution in [0.2, 0.25) is 0 Å². The molecule has 1 heterocycles. The number of aliphatic hydroxyl groups excluding tert-OH is 1. The molecule has 32 heavy (non-hydrogen) atoms. The fraction of sp³-hybridized carbons (Fsp3) is 0.440. The molecular formula is C25H34N4O3. The van der Waals surface area contributed by atoms with Crippen molar-refractivity contribution in [2.45, 2.75) is 45.9 Å². The third-order valence-electron chi connectivity index (χ3n) is 5.30. The van der Waals surface area contributed by atoms with E-state index in [2.05, 4.69) is 27.8 Å². The number of aliphatic imine (C=N–C) groups is 1. The normalized spacial score (nSPS) is 14.7. The van der Waals surface area contributed by atoms with Gasteiger partial charge >= 0.3 is 0 Å². The zero-order valence-electron chi connectivity index (χ0n) is 19.2. The number of aliphatic hydroxyl groups is 1. The Balaban J connectivity index is 1.52. The van der Waals surface area contributed by atoms with Gasteiger partial charge in [-0.05, 0) is 56.0 Å². The molecule has 1 aliphatic heterocycles. The van der Waals surface area contributed by atoms with Gasteiger partial charge in [-0.1, -0.05) is 36.4 Å². The molecule has 7 nitrogen and oxygen atoms in total. The molecule has 0 radical (unpaired) electrons. The van der Waals surface area contributed by atoms with E-state index in [1.807, 2.05) is 62.1 Å².